The summed E-state index contributed by atoms with van der Waals surface area (Å²) in [5, 5.41) is 21.5. The lowest BCUT2D eigenvalue weighted by atomic mass is 9.96. The van der Waals surface area contributed by atoms with Crippen molar-refractivity contribution in [3.8, 4) is 0 Å². The summed E-state index contributed by atoms with van der Waals surface area (Å²) in [6.07, 6.45) is 0. The predicted octanol–water partition coefficient (Wildman–Crippen LogP) is 3.89. The summed E-state index contributed by atoms with van der Waals surface area (Å²) in [5.74, 6) is -3.27. The van der Waals surface area contributed by atoms with Crippen LogP contribution in [0.3, 0.4) is 0 Å². The molecule has 2 aromatic carbocycles. The van der Waals surface area contributed by atoms with Crippen molar-refractivity contribution in [2.24, 2.45) is 0 Å². The van der Waals surface area contributed by atoms with Crippen molar-refractivity contribution in [2.45, 2.75) is 19.8 Å². The van der Waals surface area contributed by atoms with E-state index in [0.29, 0.717) is 5.56 Å². The molecule has 0 aliphatic rings. The monoisotopic (exact) mass is 438 g/mol. The predicted molar refractivity (Wildman–Crippen MR) is 107 cm³/mol. The number of nitrogens with zero attached hydrogens (tertiary/aromatic N) is 2. The fourth-order valence-corrected chi connectivity index (χ4v) is 2.59. The van der Waals surface area contributed by atoms with Gasteiger partial charge < -0.3 is 9.47 Å². The Morgan fingerprint density at radius 1 is 0.867 bits per heavy atom. The minimum absolute atomic E-state index is 0.0355. The number of carbonyl (C=O) groups is 2. The lowest BCUT2D eigenvalue weighted by molar-refractivity contribution is -0.385. The van der Waals surface area contributed by atoms with Gasteiger partial charge >= 0.3 is 11.9 Å². The molecule has 30 heavy (non-hydrogen) atoms. The molecule has 2 rings (SSSR count). The molecule has 0 aliphatic heterocycles. The Kier molecular flexibility index (Phi) is 8.87. The molecule has 11 heteroatoms. The van der Waals surface area contributed by atoms with Crippen LogP contribution in [0.1, 0.15) is 22.6 Å². The van der Waals surface area contributed by atoms with Gasteiger partial charge in [-0.05, 0) is 31.0 Å². The van der Waals surface area contributed by atoms with Crippen LogP contribution in [0.4, 0.5) is 11.4 Å². The van der Waals surface area contributed by atoms with Crippen molar-refractivity contribution in [3.05, 3.63) is 78.3 Å². The molecule has 10 nitrogen and oxygen atoms in total. The van der Waals surface area contributed by atoms with Crippen LogP contribution < -0.4 is 0 Å². The third-order valence-electron chi connectivity index (χ3n) is 3.87. The van der Waals surface area contributed by atoms with E-state index >= 15 is 0 Å². The summed E-state index contributed by atoms with van der Waals surface area (Å²) < 4.78 is 8.98. The smallest absolute Gasteiger partial charge is 0.324 e. The molecular weight excluding hydrogens is 420 g/mol. The first-order valence-electron chi connectivity index (χ1n) is 8.34. The van der Waals surface area contributed by atoms with E-state index in [1.807, 2.05) is 0 Å². The molecule has 2 aromatic rings. The first kappa shape index (κ1) is 24.5. The van der Waals surface area contributed by atoms with Crippen LogP contribution in [0, 0.1) is 34.1 Å². The number of halogens is 1. The number of aryl methyl sites for hydroxylation is 2. The van der Waals surface area contributed by atoms with Crippen molar-refractivity contribution in [3.63, 3.8) is 0 Å². The summed E-state index contributed by atoms with van der Waals surface area (Å²) in [6.45, 7) is 3.45. The van der Waals surface area contributed by atoms with Crippen molar-refractivity contribution in [2.75, 3.05) is 14.2 Å². The van der Waals surface area contributed by atoms with Gasteiger partial charge in [-0.3, -0.25) is 29.8 Å². The number of ether oxygens (including phenoxy) is 2. The average molecular weight is 439 g/mol. The third kappa shape index (κ3) is 6.24. The van der Waals surface area contributed by atoms with E-state index in [1.54, 1.807) is 26.0 Å². The second-order valence-electron chi connectivity index (χ2n) is 6.01. The maximum absolute atomic E-state index is 11.6. The topological polar surface area (TPSA) is 139 Å². The van der Waals surface area contributed by atoms with E-state index in [1.165, 1.54) is 24.3 Å². The van der Waals surface area contributed by atoms with Crippen LogP contribution in [0.15, 0.2) is 36.4 Å². The fourth-order valence-electron chi connectivity index (χ4n) is 2.40. The van der Waals surface area contributed by atoms with Crippen LogP contribution in [0.2, 0.25) is 5.02 Å². The van der Waals surface area contributed by atoms with E-state index in [0.717, 1.165) is 19.8 Å². The van der Waals surface area contributed by atoms with E-state index in [2.05, 4.69) is 9.47 Å². The molecule has 0 unspecified atom stereocenters. The summed E-state index contributed by atoms with van der Waals surface area (Å²) in [5.41, 5.74) is 1.08. The number of hydrogen-bond acceptors (Lipinski definition) is 8. The van der Waals surface area contributed by atoms with Gasteiger partial charge in [-0.1, -0.05) is 29.8 Å². The number of benzene rings is 2. The van der Waals surface area contributed by atoms with Crippen molar-refractivity contribution in [1.82, 2.24) is 0 Å². The maximum Gasteiger partial charge on any atom is 0.324 e. The number of hydrogen-bond donors (Lipinski definition) is 0. The number of esters is 2. The molecular formula is C19H19ClN2O8. The quantitative estimate of drug-likeness (QED) is 0.296. The zero-order chi connectivity index (χ0) is 23.0. The second-order valence-corrected chi connectivity index (χ2v) is 6.42. The van der Waals surface area contributed by atoms with Gasteiger partial charge in [0.15, 0.2) is 5.92 Å². The highest BCUT2D eigenvalue weighted by Crippen LogP contribution is 2.29. The van der Waals surface area contributed by atoms with Crippen LogP contribution in [-0.4, -0.2) is 36.0 Å². The third-order valence-corrected chi connectivity index (χ3v) is 4.19. The molecule has 0 aromatic heterocycles. The van der Waals surface area contributed by atoms with Crippen LogP contribution in [0.5, 0.6) is 0 Å². The standard InChI is InChI=1S/C12H13NO6.C7H6ClNO2/c1-7-4-5-8(9(6-7)13(16)17)10(11(14)18-2)12(15)19-3;1-5-2-3-6(8)7(4-5)9(10)11/h4-6,10H,1-3H3;2-4H,1H3. The number of nitro groups is 2. The summed E-state index contributed by atoms with van der Waals surface area (Å²) in [7, 11) is 2.19. The second kappa shape index (κ2) is 10.9. The average Bonchev–Trinajstić information content (AvgIpc) is 2.70. The van der Waals surface area contributed by atoms with Gasteiger partial charge in [0.2, 0.25) is 0 Å². The lowest BCUT2D eigenvalue weighted by Crippen LogP contribution is -2.25. The Balaban J connectivity index is 0.000000346. The van der Waals surface area contributed by atoms with Crippen LogP contribution in [-0.2, 0) is 19.1 Å². The van der Waals surface area contributed by atoms with E-state index in [4.69, 9.17) is 11.6 Å². The number of carbonyl (C=O) groups excluding carboxylic acids is 2. The summed E-state index contributed by atoms with van der Waals surface area (Å²) >= 11 is 5.55. The molecule has 0 N–H and O–H groups in total. The zero-order valence-corrected chi connectivity index (χ0v) is 17.3. The SMILES string of the molecule is COC(=O)C(C(=O)OC)c1ccc(C)cc1[N+](=O)[O-].Cc1ccc(Cl)c([N+](=O)[O-])c1. The molecule has 0 atom stereocenters. The number of nitro benzene ring substituents is 2. The molecule has 0 bridgehead atoms. The van der Waals surface area contributed by atoms with Gasteiger partial charge in [-0.15, -0.1) is 0 Å². The normalized spacial score (nSPS) is 9.93. The largest absolute Gasteiger partial charge is 0.468 e. The first-order chi connectivity index (χ1) is 14.0. The van der Waals surface area contributed by atoms with Gasteiger partial charge in [0.05, 0.1) is 29.6 Å². The van der Waals surface area contributed by atoms with Gasteiger partial charge in [-0.25, -0.2) is 0 Å². The van der Waals surface area contributed by atoms with Crippen molar-refractivity contribution in [1.29, 1.82) is 0 Å². The van der Waals surface area contributed by atoms with Gasteiger partial charge in [0.25, 0.3) is 11.4 Å². The molecule has 160 valence electrons. The fraction of sp³-hybridized carbons (Fsp3) is 0.263. The Morgan fingerprint density at radius 3 is 1.70 bits per heavy atom. The van der Waals surface area contributed by atoms with Gasteiger partial charge in [0, 0.05) is 12.1 Å². The zero-order valence-electron chi connectivity index (χ0n) is 16.6. The Morgan fingerprint density at radius 2 is 1.30 bits per heavy atom. The highest BCUT2D eigenvalue weighted by atomic mass is 35.5. The Bertz CT molecular complexity index is 961. The number of rotatable bonds is 5. The lowest BCUT2D eigenvalue weighted by Gasteiger charge is -2.13. The minimum atomic E-state index is -1.46. The first-order valence-corrected chi connectivity index (χ1v) is 8.72. The highest BCUT2D eigenvalue weighted by Gasteiger charge is 2.36. The van der Waals surface area contributed by atoms with Crippen molar-refractivity contribution < 1.29 is 28.9 Å². The molecule has 0 saturated carbocycles. The van der Waals surface area contributed by atoms with Crippen LogP contribution in [0.25, 0.3) is 0 Å². The molecule has 0 radical (unpaired) electrons. The molecule has 0 spiro atoms. The molecule has 0 heterocycles. The van der Waals surface area contributed by atoms with Crippen LogP contribution >= 0.6 is 11.6 Å². The number of methoxy groups -OCH3 is 2. The van der Waals surface area contributed by atoms with Crippen molar-refractivity contribution >= 4 is 34.9 Å². The summed E-state index contributed by atoms with van der Waals surface area (Å²) in [6, 6.07) is 8.91. The van der Waals surface area contributed by atoms with E-state index in [9.17, 15) is 29.8 Å². The Hall–Kier alpha value is -3.53. The Labute approximate surface area is 176 Å². The van der Waals surface area contributed by atoms with Gasteiger partial charge in [-0.2, -0.15) is 0 Å². The van der Waals surface area contributed by atoms with Gasteiger partial charge in [0.1, 0.15) is 5.02 Å². The summed E-state index contributed by atoms with van der Waals surface area (Å²) in [4.78, 5) is 43.4. The molecule has 0 aliphatic carbocycles. The highest BCUT2D eigenvalue weighted by molar-refractivity contribution is 6.32. The molecule has 0 amide bonds. The molecule has 0 saturated heterocycles. The van der Waals surface area contributed by atoms with E-state index in [-0.39, 0.29) is 22.0 Å². The maximum atomic E-state index is 11.6. The van der Waals surface area contributed by atoms with E-state index < -0.39 is 27.7 Å². The minimum Gasteiger partial charge on any atom is -0.468 e. The molecule has 0 fully saturated rings.